The highest BCUT2D eigenvalue weighted by atomic mass is 32.1. The van der Waals surface area contributed by atoms with Crippen LogP contribution in [0.2, 0.25) is 0 Å². The molecule has 1 N–H and O–H groups in total. The molecule has 0 spiro atoms. The van der Waals surface area contributed by atoms with E-state index >= 15 is 0 Å². The van der Waals surface area contributed by atoms with Gasteiger partial charge in [-0.15, -0.1) is 11.3 Å². The molecule has 3 aromatic heterocycles. The first-order valence-electron chi connectivity index (χ1n) is 12.7. The Kier molecular flexibility index (Phi) is 7.39. The van der Waals surface area contributed by atoms with Gasteiger partial charge in [0.1, 0.15) is 10.5 Å². The SMILES string of the molecule is COCCN(C(=O)C1CCC(C)CC1)c1cc(-c2ccc(-c3cn4ccccc4n3)cc2)sc1C(=O)O. The van der Waals surface area contributed by atoms with E-state index in [1.54, 1.807) is 12.0 Å². The van der Waals surface area contributed by atoms with Crippen molar-refractivity contribution in [3.8, 4) is 21.7 Å². The number of pyridine rings is 1. The van der Waals surface area contributed by atoms with Crippen LogP contribution in [-0.2, 0) is 9.53 Å². The van der Waals surface area contributed by atoms with Crippen molar-refractivity contribution in [1.29, 1.82) is 0 Å². The maximum Gasteiger partial charge on any atom is 0.348 e. The molecule has 4 aromatic rings. The smallest absolute Gasteiger partial charge is 0.348 e. The first-order chi connectivity index (χ1) is 17.9. The second-order valence-electron chi connectivity index (χ2n) is 9.74. The number of carboxylic acids is 1. The van der Waals surface area contributed by atoms with E-state index in [0.29, 0.717) is 24.8 Å². The lowest BCUT2D eigenvalue weighted by atomic mass is 9.82. The van der Waals surface area contributed by atoms with Crippen LogP contribution in [0.5, 0.6) is 0 Å². The quantitative estimate of drug-likeness (QED) is 0.299. The summed E-state index contributed by atoms with van der Waals surface area (Å²) in [7, 11) is 1.59. The molecule has 7 nitrogen and oxygen atoms in total. The summed E-state index contributed by atoms with van der Waals surface area (Å²) in [6, 6.07) is 15.7. The summed E-state index contributed by atoms with van der Waals surface area (Å²) in [6.07, 6.45) is 7.68. The van der Waals surface area contributed by atoms with Crippen molar-refractivity contribution in [1.82, 2.24) is 9.38 Å². The first-order valence-corrected chi connectivity index (χ1v) is 13.5. The molecular formula is C29H31N3O4S. The fourth-order valence-corrected chi connectivity index (χ4v) is 6.02. The Morgan fingerprint density at radius 1 is 1.11 bits per heavy atom. The zero-order valence-electron chi connectivity index (χ0n) is 21.1. The Bertz CT molecular complexity index is 1370. The second-order valence-corrected chi connectivity index (χ2v) is 10.8. The zero-order valence-corrected chi connectivity index (χ0v) is 21.9. The first kappa shape index (κ1) is 25.2. The molecule has 3 heterocycles. The number of imidazole rings is 1. The van der Waals surface area contributed by atoms with Crippen LogP contribution in [0.1, 0.15) is 42.3 Å². The maximum absolute atomic E-state index is 13.6. The molecule has 1 aliphatic rings. The van der Waals surface area contributed by atoms with Crippen molar-refractivity contribution in [3.63, 3.8) is 0 Å². The predicted molar refractivity (Wildman–Crippen MR) is 146 cm³/mol. The number of hydrogen-bond acceptors (Lipinski definition) is 5. The molecule has 192 valence electrons. The van der Waals surface area contributed by atoms with Gasteiger partial charge >= 0.3 is 5.97 Å². The molecule has 8 heteroatoms. The largest absolute Gasteiger partial charge is 0.477 e. The Labute approximate surface area is 220 Å². The molecule has 1 fully saturated rings. The standard InChI is InChI=1S/C29H31N3O4S/c1-19-6-8-22(9-7-19)28(33)32(15-16-36-2)24-17-25(37-27(24)29(34)35)21-12-10-20(11-13-21)23-18-31-14-4-3-5-26(31)30-23/h3-5,10-14,17-19,22H,6-9,15-16H2,1-2H3,(H,34,35). The van der Waals surface area contributed by atoms with E-state index in [4.69, 9.17) is 4.74 Å². The minimum atomic E-state index is -1.03. The van der Waals surface area contributed by atoms with E-state index in [1.165, 1.54) is 11.3 Å². The molecule has 37 heavy (non-hydrogen) atoms. The van der Waals surface area contributed by atoms with Crippen molar-refractivity contribution >= 4 is 34.5 Å². The highest BCUT2D eigenvalue weighted by Gasteiger charge is 2.32. The predicted octanol–water partition coefficient (Wildman–Crippen LogP) is 6.23. The fraction of sp³-hybridized carbons (Fsp3) is 0.345. The van der Waals surface area contributed by atoms with Gasteiger partial charge in [-0.2, -0.15) is 0 Å². The van der Waals surface area contributed by atoms with Gasteiger partial charge in [0.25, 0.3) is 0 Å². The molecule has 0 unspecified atom stereocenters. The lowest BCUT2D eigenvalue weighted by Crippen LogP contribution is -2.40. The fourth-order valence-electron chi connectivity index (χ4n) is 5.02. The Morgan fingerprint density at radius 3 is 2.51 bits per heavy atom. The summed E-state index contributed by atoms with van der Waals surface area (Å²) in [5.41, 5.74) is 4.08. The van der Waals surface area contributed by atoms with Gasteiger partial charge in [-0.25, -0.2) is 9.78 Å². The number of anilines is 1. The van der Waals surface area contributed by atoms with E-state index in [9.17, 15) is 14.7 Å². The van der Waals surface area contributed by atoms with Gasteiger partial charge in [-0.1, -0.05) is 37.3 Å². The van der Waals surface area contributed by atoms with E-state index in [-0.39, 0.29) is 16.7 Å². The molecule has 1 amide bonds. The minimum absolute atomic E-state index is 0.00186. The van der Waals surface area contributed by atoms with Gasteiger partial charge in [-0.3, -0.25) is 4.79 Å². The van der Waals surface area contributed by atoms with E-state index in [1.807, 2.05) is 65.3 Å². The number of thiophene rings is 1. The summed E-state index contributed by atoms with van der Waals surface area (Å²) in [5.74, 6) is -0.483. The second kappa shape index (κ2) is 10.9. The number of rotatable bonds is 8. The molecule has 5 rings (SSSR count). The lowest BCUT2D eigenvalue weighted by molar-refractivity contribution is -0.123. The molecule has 1 aliphatic carbocycles. The van der Waals surface area contributed by atoms with Gasteiger partial charge in [0.2, 0.25) is 5.91 Å². The van der Waals surface area contributed by atoms with Gasteiger partial charge in [-0.05, 0) is 55.4 Å². The summed E-state index contributed by atoms with van der Waals surface area (Å²) < 4.78 is 7.25. The molecule has 1 saturated carbocycles. The number of methoxy groups -OCH3 is 1. The topological polar surface area (TPSA) is 84.1 Å². The lowest BCUT2D eigenvalue weighted by Gasteiger charge is -2.31. The summed E-state index contributed by atoms with van der Waals surface area (Å²) >= 11 is 1.20. The molecule has 0 aliphatic heterocycles. The number of carbonyl (C=O) groups excluding carboxylic acids is 1. The van der Waals surface area contributed by atoms with Crippen LogP contribution in [0, 0.1) is 11.8 Å². The van der Waals surface area contributed by atoms with Crippen LogP contribution in [0.25, 0.3) is 27.3 Å². The number of carboxylic acid groups (broad SMARTS) is 1. The van der Waals surface area contributed by atoms with Crippen LogP contribution >= 0.6 is 11.3 Å². The van der Waals surface area contributed by atoms with E-state index in [2.05, 4.69) is 11.9 Å². The Balaban J connectivity index is 1.45. The van der Waals surface area contributed by atoms with Crippen LogP contribution in [-0.4, -0.2) is 46.6 Å². The van der Waals surface area contributed by atoms with Gasteiger partial charge in [0.05, 0.1) is 18.0 Å². The third-order valence-electron chi connectivity index (χ3n) is 7.18. The summed E-state index contributed by atoms with van der Waals surface area (Å²) in [6.45, 7) is 2.88. The van der Waals surface area contributed by atoms with Crippen molar-refractivity contribution in [3.05, 3.63) is 65.8 Å². The number of hydrogen-bond donors (Lipinski definition) is 1. The monoisotopic (exact) mass is 517 g/mol. The number of fused-ring (bicyclic) bond motifs is 1. The molecule has 0 radical (unpaired) electrons. The molecular weight excluding hydrogens is 486 g/mol. The number of benzene rings is 1. The number of carbonyl (C=O) groups is 2. The summed E-state index contributed by atoms with van der Waals surface area (Å²) in [5, 5.41) is 10.0. The molecule has 0 bridgehead atoms. The number of aromatic nitrogens is 2. The van der Waals surface area contributed by atoms with Crippen molar-refractivity contribution in [2.75, 3.05) is 25.2 Å². The zero-order chi connectivity index (χ0) is 25.9. The van der Waals surface area contributed by atoms with Crippen LogP contribution in [0.3, 0.4) is 0 Å². The maximum atomic E-state index is 13.6. The van der Waals surface area contributed by atoms with Crippen LogP contribution in [0.4, 0.5) is 5.69 Å². The Morgan fingerprint density at radius 2 is 1.84 bits per heavy atom. The molecule has 0 atom stereocenters. The third kappa shape index (κ3) is 5.31. The highest BCUT2D eigenvalue weighted by molar-refractivity contribution is 7.18. The normalized spacial score (nSPS) is 17.7. The van der Waals surface area contributed by atoms with E-state index < -0.39 is 5.97 Å². The van der Waals surface area contributed by atoms with Crippen molar-refractivity contribution in [2.45, 2.75) is 32.6 Å². The third-order valence-corrected chi connectivity index (χ3v) is 8.34. The van der Waals surface area contributed by atoms with Crippen LogP contribution < -0.4 is 4.90 Å². The highest BCUT2D eigenvalue weighted by Crippen LogP contribution is 2.39. The number of ether oxygens (including phenoxy) is 1. The average molecular weight is 518 g/mol. The average Bonchev–Trinajstić information content (AvgIpc) is 3.55. The Hall–Kier alpha value is -3.49. The van der Waals surface area contributed by atoms with Gasteiger partial charge < -0.3 is 19.1 Å². The van der Waals surface area contributed by atoms with Crippen molar-refractivity contribution in [2.24, 2.45) is 11.8 Å². The van der Waals surface area contributed by atoms with E-state index in [0.717, 1.165) is 53.0 Å². The molecule has 0 saturated heterocycles. The number of nitrogens with zero attached hydrogens (tertiary/aromatic N) is 3. The minimum Gasteiger partial charge on any atom is -0.477 e. The van der Waals surface area contributed by atoms with Gasteiger partial charge in [0, 0.05) is 42.4 Å². The number of aromatic carboxylic acids is 1. The molecule has 1 aromatic carbocycles. The van der Waals surface area contributed by atoms with Crippen LogP contribution in [0.15, 0.2) is 60.9 Å². The van der Waals surface area contributed by atoms with Crippen molar-refractivity contribution < 1.29 is 19.4 Å². The number of amides is 1. The summed E-state index contributed by atoms with van der Waals surface area (Å²) in [4.78, 5) is 33.1. The van der Waals surface area contributed by atoms with Gasteiger partial charge in [0.15, 0.2) is 0 Å².